The number of rotatable bonds is 2. The molecule has 3 atom stereocenters. The lowest BCUT2D eigenvalue weighted by atomic mass is 9.82. The molecule has 2 aliphatic rings. The number of benzene rings is 1. The van der Waals surface area contributed by atoms with Gasteiger partial charge in [0, 0.05) is 25.0 Å². The number of hydrogen-bond donors (Lipinski definition) is 1. The van der Waals surface area contributed by atoms with Gasteiger partial charge >= 0.3 is 0 Å². The van der Waals surface area contributed by atoms with E-state index in [0.29, 0.717) is 6.54 Å². The van der Waals surface area contributed by atoms with Crippen molar-refractivity contribution in [1.82, 2.24) is 9.88 Å². The summed E-state index contributed by atoms with van der Waals surface area (Å²) in [5, 5.41) is 1.10. The zero-order valence-corrected chi connectivity index (χ0v) is 14.5. The molecule has 1 saturated heterocycles. The highest BCUT2D eigenvalue weighted by Crippen LogP contribution is 2.39. The Kier molecular flexibility index (Phi) is 4.37. The maximum absolute atomic E-state index is 13.1. The summed E-state index contributed by atoms with van der Waals surface area (Å²) in [6, 6.07) is 8.35. The Labute approximate surface area is 146 Å². The van der Waals surface area contributed by atoms with Gasteiger partial charge in [-0.1, -0.05) is 24.3 Å². The molecule has 1 aliphatic carbocycles. The third kappa shape index (κ3) is 2.98. The van der Waals surface area contributed by atoms with E-state index >= 15 is 0 Å². The van der Waals surface area contributed by atoms with Crippen molar-refractivity contribution in [3.63, 3.8) is 0 Å². The molecule has 0 radical (unpaired) electrons. The number of aromatic nitrogens is 1. The van der Waals surface area contributed by atoms with Gasteiger partial charge in [-0.25, -0.2) is 4.98 Å². The van der Waals surface area contributed by atoms with Crippen LogP contribution in [0.4, 0.5) is 0 Å². The van der Waals surface area contributed by atoms with Gasteiger partial charge in [-0.2, -0.15) is 0 Å². The predicted octanol–water partition coefficient (Wildman–Crippen LogP) is 3.30. The molecule has 5 heteroatoms. The minimum absolute atomic E-state index is 0.000798. The van der Waals surface area contributed by atoms with Gasteiger partial charge in [0.05, 0.1) is 21.1 Å². The molecule has 24 heavy (non-hydrogen) atoms. The lowest BCUT2D eigenvalue weighted by Gasteiger charge is -2.36. The third-order valence-corrected chi connectivity index (χ3v) is 6.32. The number of nitrogens with zero attached hydrogens (tertiary/aromatic N) is 2. The molecule has 3 unspecified atom stereocenters. The van der Waals surface area contributed by atoms with Gasteiger partial charge in [0.1, 0.15) is 0 Å². The normalized spacial score (nSPS) is 27.5. The van der Waals surface area contributed by atoms with E-state index in [1.807, 2.05) is 17.0 Å². The van der Waals surface area contributed by atoms with Gasteiger partial charge in [0.2, 0.25) is 5.91 Å². The Balaban J connectivity index is 1.61. The lowest BCUT2D eigenvalue weighted by molar-refractivity contribution is -0.137. The number of hydrogen-bond acceptors (Lipinski definition) is 4. The standard InChI is InChI=1S/C19H23N3OS/c20-13-6-5-11-22(12-13)19(23)15-8-2-1-7-14(15)18-21-16-9-3-4-10-17(16)24-18/h1-4,9-10,13-15H,5-8,11-12,20H2. The van der Waals surface area contributed by atoms with Gasteiger partial charge < -0.3 is 10.6 Å². The number of nitrogens with two attached hydrogens (primary N) is 1. The highest BCUT2D eigenvalue weighted by Gasteiger charge is 2.35. The molecule has 1 amide bonds. The number of carbonyl (C=O) groups excluding carboxylic acids is 1. The molecule has 1 aromatic heterocycles. The quantitative estimate of drug-likeness (QED) is 0.853. The number of thiazole rings is 1. The summed E-state index contributed by atoms with van der Waals surface area (Å²) in [6.45, 7) is 1.55. The van der Waals surface area contributed by atoms with E-state index in [1.165, 1.54) is 4.70 Å². The van der Waals surface area contributed by atoms with Gasteiger partial charge in [-0.3, -0.25) is 4.79 Å². The maximum atomic E-state index is 13.1. The molecule has 4 rings (SSSR count). The first-order valence-electron chi connectivity index (χ1n) is 8.77. The molecule has 0 bridgehead atoms. The Hall–Kier alpha value is -1.72. The van der Waals surface area contributed by atoms with E-state index in [-0.39, 0.29) is 23.8 Å². The first kappa shape index (κ1) is 15.8. The molecular weight excluding hydrogens is 318 g/mol. The summed E-state index contributed by atoms with van der Waals surface area (Å²) in [7, 11) is 0. The lowest BCUT2D eigenvalue weighted by Crippen LogP contribution is -2.48. The average molecular weight is 341 g/mol. The second-order valence-electron chi connectivity index (χ2n) is 6.86. The maximum Gasteiger partial charge on any atom is 0.226 e. The molecule has 126 valence electrons. The van der Waals surface area contributed by atoms with Crippen LogP contribution in [0.25, 0.3) is 10.2 Å². The zero-order chi connectivity index (χ0) is 16.5. The fourth-order valence-electron chi connectivity index (χ4n) is 3.85. The number of para-hydroxylation sites is 1. The van der Waals surface area contributed by atoms with Crippen molar-refractivity contribution < 1.29 is 4.79 Å². The first-order chi connectivity index (χ1) is 11.7. The van der Waals surface area contributed by atoms with Crippen molar-refractivity contribution >= 4 is 27.5 Å². The molecule has 0 spiro atoms. The molecule has 4 nitrogen and oxygen atoms in total. The van der Waals surface area contributed by atoms with Crippen molar-refractivity contribution in [2.24, 2.45) is 11.7 Å². The zero-order valence-electron chi connectivity index (χ0n) is 13.7. The van der Waals surface area contributed by atoms with E-state index in [2.05, 4.69) is 24.3 Å². The van der Waals surface area contributed by atoms with Gasteiger partial charge in [-0.05, 0) is 37.8 Å². The Morgan fingerprint density at radius 1 is 1.25 bits per heavy atom. The predicted molar refractivity (Wildman–Crippen MR) is 98.0 cm³/mol. The molecule has 0 saturated carbocycles. The van der Waals surface area contributed by atoms with Crippen LogP contribution in [-0.4, -0.2) is 34.9 Å². The number of likely N-dealkylation sites (tertiary alicyclic amines) is 1. The molecule has 2 heterocycles. The van der Waals surface area contributed by atoms with Crippen LogP contribution in [0.3, 0.4) is 0 Å². The Bertz CT molecular complexity index is 736. The fraction of sp³-hybridized carbons (Fsp3) is 0.474. The molecule has 2 N–H and O–H groups in total. The molecule has 2 aromatic rings. The highest BCUT2D eigenvalue weighted by molar-refractivity contribution is 7.18. The summed E-state index contributed by atoms with van der Waals surface area (Å²) in [5.41, 5.74) is 7.11. The molecule has 1 fully saturated rings. The van der Waals surface area contributed by atoms with Crippen molar-refractivity contribution in [2.45, 2.75) is 37.6 Å². The van der Waals surface area contributed by atoms with Crippen molar-refractivity contribution in [3.05, 3.63) is 41.4 Å². The number of fused-ring (bicyclic) bond motifs is 1. The van der Waals surface area contributed by atoms with Crippen LogP contribution in [-0.2, 0) is 4.79 Å². The summed E-state index contributed by atoms with van der Waals surface area (Å²) < 4.78 is 1.20. The number of carbonyl (C=O) groups is 1. The van der Waals surface area contributed by atoms with Gasteiger partial charge in [-0.15, -0.1) is 11.3 Å². The van der Waals surface area contributed by atoms with Crippen molar-refractivity contribution in [3.8, 4) is 0 Å². The summed E-state index contributed by atoms with van der Waals surface area (Å²) in [5.74, 6) is 0.456. The second-order valence-corrected chi connectivity index (χ2v) is 7.92. The largest absolute Gasteiger partial charge is 0.341 e. The Morgan fingerprint density at radius 3 is 2.92 bits per heavy atom. The van der Waals surface area contributed by atoms with Crippen LogP contribution in [0, 0.1) is 5.92 Å². The van der Waals surface area contributed by atoms with Gasteiger partial charge in [0.25, 0.3) is 0 Å². The van der Waals surface area contributed by atoms with E-state index in [9.17, 15) is 4.79 Å². The smallest absolute Gasteiger partial charge is 0.226 e. The highest BCUT2D eigenvalue weighted by atomic mass is 32.1. The SMILES string of the molecule is NC1CCCN(C(=O)C2CC=CCC2c2nc3ccccc3s2)C1. The average Bonchev–Trinajstić information content (AvgIpc) is 3.05. The van der Waals surface area contributed by atoms with Crippen molar-refractivity contribution in [1.29, 1.82) is 0 Å². The summed E-state index contributed by atoms with van der Waals surface area (Å²) in [6.07, 6.45) is 8.09. The molecule has 1 aliphatic heterocycles. The van der Waals surface area contributed by atoms with Crippen LogP contribution in [0.2, 0.25) is 0 Å². The monoisotopic (exact) mass is 341 g/mol. The van der Waals surface area contributed by atoms with Crippen LogP contribution in [0.1, 0.15) is 36.6 Å². The molecular formula is C19H23N3OS. The van der Waals surface area contributed by atoms with Crippen LogP contribution < -0.4 is 5.73 Å². The summed E-state index contributed by atoms with van der Waals surface area (Å²) >= 11 is 1.73. The number of allylic oxidation sites excluding steroid dienone is 2. The Morgan fingerprint density at radius 2 is 2.08 bits per heavy atom. The second kappa shape index (κ2) is 6.65. The molecule has 1 aromatic carbocycles. The van der Waals surface area contributed by atoms with Crippen LogP contribution >= 0.6 is 11.3 Å². The number of amides is 1. The fourth-order valence-corrected chi connectivity index (χ4v) is 5.00. The summed E-state index contributed by atoms with van der Waals surface area (Å²) in [4.78, 5) is 19.9. The topological polar surface area (TPSA) is 59.2 Å². The van der Waals surface area contributed by atoms with Crippen LogP contribution in [0.5, 0.6) is 0 Å². The first-order valence-corrected chi connectivity index (χ1v) is 9.59. The minimum Gasteiger partial charge on any atom is -0.341 e. The minimum atomic E-state index is 0.000798. The van der Waals surface area contributed by atoms with E-state index in [0.717, 1.165) is 42.8 Å². The van der Waals surface area contributed by atoms with E-state index in [4.69, 9.17) is 10.7 Å². The van der Waals surface area contributed by atoms with Crippen molar-refractivity contribution in [2.75, 3.05) is 13.1 Å². The van der Waals surface area contributed by atoms with Gasteiger partial charge in [0.15, 0.2) is 0 Å². The third-order valence-electron chi connectivity index (χ3n) is 5.15. The van der Waals surface area contributed by atoms with E-state index in [1.54, 1.807) is 11.3 Å². The van der Waals surface area contributed by atoms with Crippen LogP contribution in [0.15, 0.2) is 36.4 Å². The number of piperidine rings is 1. The van der Waals surface area contributed by atoms with E-state index < -0.39 is 0 Å².